The van der Waals surface area contributed by atoms with Crippen LogP contribution in [0, 0.1) is 6.92 Å². The maximum absolute atomic E-state index is 13.1. The number of hydrogen-bond acceptors (Lipinski definition) is 13. The largest absolute Gasteiger partial charge is 0.494 e. The third-order valence-corrected chi connectivity index (χ3v) is 12.2. The van der Waals surface area contributed by atoms with E-state index in [1.165, 1.54) is 4.90 Å². The van der Waals surface area contributed by atoms with Crippen LogP contribution in [-0.4, -0.2) is 78.2 Å². The number of piperidine rings is 1. The molecule has 65 heavy (non-hydrogen) atoms. The Hall–Kier alpha value is -6.89. The fourth-order valence-electron chi connectivity index (χ4n) is 7.19. The lowest BCUT2D eigenvalue weighted by Gasteiger charge is -2.29. The summed E-state index contributed by atoms with van der Waals surface area (Å²) in [5.74, 6) is 0.975. The lowest BCUT2D eigenvalue weighted by Crippen LogP contribution is -2.52. The van der Waals surface area contributed by atoms with E-state index in [4.69, 9.17) is 9.47 Å². The number of sulfonamides is 1. The summed E-state index contributed by atoms with van der Waals surface area (Å²) >= 11 is 0. The molecule has 340 valence electrons. The van der Waals surface area contributed by atoms with E-state index in [0.717, 1.165) is 27.9 Å². The van der Waals surface area contributed by atoms with Gasteiger partial charge >= 0.3 is 0 Å². The van der Waals surface area contributed by atoms with E-state index in [1.54, 1.807) is 69.4 Å². The molecule has 1 fully saturated rings. The zero-order chi connectivity index (χ0) is 46.1. The van der Waals surface area contributed by atoms with Crippen molar-refractivity contribution < 1.29 is 37.1 Å². The molecule has 17 nitrogen and oxygen atoms in total. The minimum atomic E-state index is -3.71. The van der Waals surface area contributed by atoms with Gasteiger partial charge in [-0.1, -0.05) is 36.4 Å². The Kier molecular flexibility index (Phi) is 14.4. The predicted molar refractivity (Wildman–Crippen MR) is 244 cm³/mol. The first-order valence-corrected chi connectivity index (χ1v) is 22.8. The number of aromatic nitrogens is 2. The summed E-state index contributed by atoms with van der Waals surface area (Å²) in [6, 6.07) is 26.2. The molecule has 1 aromatic heterocycles. The first kappa shape index (κ1) is 46.1. The lowest BCUT2D eigenvalue weighted by molar-refractivity contribution is -0.137. The van der Waals surface area contributed by atoms with Crippen molar-refractivity contribution in [2.45, 2.75) is 83.1 Å². The van der Waals surface area contributed by atoms with Gasteiger partial charge in [0.15, 0.2) is 0 Å². The number of amides is 4. The second kappa shape index (κ2) is 20.3. The molecule has 0 radical (unpaired) electrons. The van der Waals surface area contributed by atoms with Crippen LogP contribution in [0.5, 0.6) is 11.5 Å². The van der Waals surface area contributed by atoms with Crippen LogP contribution in [0.2, 0.25) is 0 Å². The fourth-order valence-corrected chi connectivity index (χ4v) is 8.66. The zero-order valence-electron chi connectivity index (χ0n) is 36.7. The van der Waals surface area contributed by atoms with Crippen LogP contribution < -0.4 is 40.8 Å². The van der Waals surface area contributed by atoms with Crippen LogP contribution in [0.1, 0.15) is 72.6 Å². The predicted octanol–water partition coefficient (Wildman–Crippen LogP) is 5.36. The minimum absolute atomic E-state index is 0.130. The molecule has 6 N–H and O–H groups in total. The highest BCUT2D eigenvalue weighted by molar-refractivity contribution is 7.89. The van der Waals surface area contributed by atoms with Crippen molar-refractivity contribution in [1.82, 2.24) is 35.5 Å². The van der Waals surface area contributed by atoms with Crippen molar-refractivity contribution in [1.29, 1.82) is 0 Å². The summed E-state index contributed by atoms with van der Waals surface area (Å²) < 4.78 is 40.4. The summed E-state index contributed by atoms with van der Waals surface area (Å²) in [5, 5.41) is 14.8. The number of benzene rings is 4. The maximum Gasteiger partial charge on any atom is 0.255 e. The Morgan fingerprint density at radius 1 is 0.908 bits per heavy atom. The van der Waals surface area contributed by atoms with Gasteiger partial charge in [0.05, 0.1) is 24.6 Å². The minimum Gasteiger partial charge on any atom is -0.494 e. The number of hydrogen-bond donors (Lipinski definition) is 6. The van der Waals surface area contributed by atoms with Gasteiger partial charge in [-0.15, -0.1) is 0 Å². The van der Waals surface area contributed by atoms with Crippen molar-refractivity contribution in [2.24, 2.45) is 0 Å². The number of fused-ring (bicyclic) bond motifs is 1. The Labute approximate surface area is 378 Å². The van der Waals surface area contributed by atoms with Gasteiger partial charge in [0, 0.05) is 52.8 Å². The number of carbonyl (C=O) groups is 4. The molecule has 5 aromatic rings. The smallest absolute Gasteiger partial charge is 0.255 e. The Morgan fingerprint density at radius 3 is 2.42 bits per heavy atom. The topological polar surface area (TPSA) is 222 Å². The van der Waals surface area contributed by atoms with Crippen molar-refractivity contribution in [3.63, 3.8) is 0 Å². The molecule has 2 aliphatic heterocycles. The van der Waals surface area contributed by atoms with Gasteiger partial charge in [-0.05, 0) is 113 Å². The van der Waals surface area contributed by atoms with Crippen molar-refractivity contribution >= 4 is 56.8 Å². The highest BCUT2D eigenvalue weighted by atomic mass is 32.2. The van der Waals surface area contributed by atoms with Crippen LogP contribution in [0.15, 0.2) is 102 Å². The Balaban J connectivity index is 0.780. The Morgan fingerprint density at radius 2 is 1.66 bits per heavy atom. The molecule has 0 aliphatic carbocycles. The molecule has 18 heteroatoms. The zero-order valence-corrected chi connectivity index (χ0v) is 37.5. The van der Waals surface area contributed by atoms with Crippen molar-refractivity contribution in [3.8, 4) is 11.5 Å². The van der Waals surface area contributed by atoms with Crippen LogP contribution in [-0.2, 0) is 44.1 Å². The number of nitrogens with zero attached hydrogens (tertiary/aromatic N) is 3. The van der Waals surface area contributed by atoms with Gasteiger partial charge in [0.1, 0.15) is 30.0 Å². The highest BCUT2D eigenvalue weighted by Crippen LogP contribution is 2.34. The molecule has 2 aliphatic rings. The molecule has 4 aromatic carbocycles. The monoisotopic (exact) mass is 903 g/mol. The second-order valence-electron chi connectivity index (χ2n) is 16.8. The summed E-state index contributed by atoms with van der Waals surface area (Å²) in [7, 11) is -3.71. The van der Waals surface area contributed by atoms with Gasteiger partial charge in [-0.3, -0.25) is 24.5 Å². The van der Waals surface area contributed by atoms with Gasteiger partial charge in [-0.25, -0.2) is 18.1 Å². The number of imide groups is 1. The van der Waals surface area contributed by atoms with E-state index in [0.29, 0.717) is 67.1 Å². The molecule has 3 heterocycles. The quantitative estimate of drug-likeness (QED) is 0.0454. The number of anilines is 4. The molecule has 0 saturated carbocycles. The molecule has 1 saturated heterocycles. The van der Waals surface area contributed by atoms with Gasteiger partial charge < -0.3 is 35.6 Å². The number of rotatable bonds is 19. The molecule has 1 atom stereocenters. The molecule has 0 spiro atoms. The number of carbonyl (C=O) groups excluding carboxylic acids is 4. The summed E-state index contributed by atoms with van der Waals surface area (Å²) in [6.45, 7) is 9.30. The maximum atomic E-state index is 13.1. The van der Waals surface area contributed by atoms with Gasteiger partial charge in [-0.2, -0.15) is 4.98 Å². The number of nitrogens with one attached hydrogen (secondary N) is 6. The second-order valence-corrected chi connectivity index (χ2v) is 18.5. The standard InChI is InChI=1S/C47H53N9O8S/c1-30-25-50-46(54-43(30)51-34-8-5-9-36(24-34)65(61,62)55-47(2,3)4)52-33-16-18-35(19-17-33)63-23-7-22-48-27-42(58)49-26-31-12-14-32(15-13-31)29-64-40-11-6-10-37-38(40)28-56(45(37)60)39-20-21-41(57)53-44(39)59/h5-6,8-19,24-25,39,48,55H,7,20-23,26-29H2,1-4H3,(H,49,58)(H,53,57,59)(H2,50,51,52,54). The van der Waals surface area contributed by atoms with E-state index < -0.39 is 27.5 Å². The average molecular weight is 904 g/mol. The lowest BCUT2D eigenvalue weighted by atomic mass is 10.0. The first-order valence-electron chi connectivity index (χ1n) is 21.3. The SMILES string of the molecule is Cc1cnc(Nc2ccc(OCCCNCC(=O)NCc3ccc(COc4cccc5c4CN(C4CCC(=O)NC4=O)C5=O)cc3)cc2)nc1Nc1cccc(S(=O)(=O)NC(C)(C)C)c1. The van der Waals surface area contributed by atoms with Crippen LogP contribution >= 0.6 is 0 Å². The summed E-state index contributed by atoms with van der Waals surface area (Å²) in [5.41, 5.74) is 4.52. The fraction of sp³-hybridized carbons (Fsp3) is 0.319. The molecular formula is C47H53N9O8S. The molecular weight excluding hydrogens is 851 g/mol. The summed E-state index contributed by atoms with van der Waals surface area (Å²) in [6.07, 6.45) is 2.85. The normalized spacial score (nSPS) is 15.0. The Bertz CT molecular complexity index is 2650. The van der Waals surface area contributed by atoms with Gasteiger partial charge in [0.25, 0.3) is 5.91 Å². The third-order valence-electron chi connectivity index (χ3n) is 10.4. The van der Waals surface area contributed by atoms with Crippen molar-refractivity contribution in [2.75, 3.05) is 30.3 Å². The van der Waals surface area contributed by atoms with E-state index in [2.05, 4.69) is 41.3 Å². The van der Waals surface area contributed by atoms with Crippen LogP contribution in [0.3, 0.4) is 0 Å². The average Bonchev–Trinajstić information content (AvgIpc) is 3.60. The number of aryl methyl sites for hydroxylation is 1. The van der Waals surface area contributed by atoms with E-state index >= 15 is 0 Å². The number of ether oxygens (including phenoxy) is 2. The molecule has 4 amide bonds. The molecule has 1 unspecified atom stereocenters. The van der Waals surface area contributed by atoms with Crippen LogP contribution in [0.4, 0.5) is 23.1 Å². The molecule has 0 bridgehead atoms. The summed E-state index contributed by atoms with van der Waals surface area (Å²) in [4.78, 5) is 60.3. The highest BCUT2D eigenvalue weighted by Gasteiger charge is 2.40. The van der Waals surface area contributed by atoms with Crippen molar-refractivity contribution in [3.05, 3.63) is 125 Å². The van der Waals surface area contributed by atoms with E-state index in [1.807, 2.05) is 55.5 Å². The van der Waals surface area contributed by atoms with E-state index in [-0.39, 0.29) is 48.7 Å². The van der Waals surface area contributed by atoms with Crippen LogP contribution in [0.25, 0.3) is 0 Å². The van der Waals surface area contributed by atoms with Gasteiger partial charge in [0.2, 0.25) is 33.7 Å². The molecule has 7 rings (SSSR count). The van der Waals surface area contributed by atoms with E-state index in [9.17, 15) is 27.6 Å². The first-order chi connectivity index (χ1) is 31.1. The third kappa shape index (κ3) is 12.4.